The molecule has 10 aliphatic heterocycles. The van der Waals surface area contributed by atoms with Gasteiger partial charge in [-0.25, -0.2) is 0 Å². The third-order valence-electron chi connectivity index (χ3n) is 12.0. The predicted molar refractivity (Wildman–Crippen MR) is 344 cm³/mol. The molecule has 10 fully saturated rings. The molecule has 0 bridgehead atoms. The lowest BCUT2D eigenvalue weighted by atomic mass is 10.1. The van der Waals surface area contributed by atoms with Crippen LogP contribution in [0.5, 0.6) is 0 Å². The molecule has 10 aliphatic rings. The summed E-state index contributed by atoms with van der Waals surface area (Å²) in [6.45, 7) is 33.2. The fraction of sp³-hybridized carbons (Fsp3) is 0.754. The van der Waals surface area contributed by atoms with E-state index in [1.807, 2.05) is 103 Å². The van der Waals surface area contributed by atoms with Crippen molar-refractivity contribution in [1.29, 1.82) is 0 Å². The van der Waals surface area contributed by atoms with Crippen molar-refractivity contribution in [2.45, 2.75) is 146 Å². The summed E-state index contributed by atoms with van der Waals surface area (Å²) in [6, 6.07) is 5.07. The SMILES string of the molecule is CC.CC.CC.CC.CC.CN1CCC1=O.CN1CCCC1=O.CN1CCCCC1=O.CN1CCNCC1=O.CN1CCOCC1=O.Cn1ccccc1=O.O=C1CCCCN1.O=C1CCCN1.O=C1CCN1.O=C1CNCCN1.O=C1COCCN1. The van der Waals surface area contributed by atoms with Gasteiger partial charge in [0.05, 0.1) is 26.3 Å². The summed E-state index contributed by atoms with van der Waals surface area (Å²) >= 11 is 0. The van der Waals surface area contributed by atoms with Gasteiger partial charge in [-0.05, 0) is 44.6 Å². The molecule has 26 nitrogen and oxygen atoms in total. The van der Waals surface area contributed by atoms with Crippen molar-refractivity contribution in [3.63, 3.8) is 0 Å². The number of pyridine rings is 1. The Morgan fingerprint density at radius 3 is 1.02 bits per heavy atom. The van der Waals surface area contributed by atoms with Crippen LogP contribution in [0.1, 0.15) is 146 Å². The number of amides is 10. The molecule has 7 N–H and O–H groups in total. The highest BCUT2D eigenvalue weighted by atomic mass is 16.5. The van der Waals surface area contributed by atoms with Crippen molar-refractivity contribution in [3.8, 4) is 0 Å². The Morgan fingerprint density at radius 2 is 0.793 bits per heavy atom. The maximum atomic E-state index is 10.7. The molecule has 0 aliphatic carbocycles. The van der Waals surface area contributed by atoms with E-state index in [4.69, 9.17) is 9.47 Å². The van der Waals surface area contributed by atoms with Crippen molar-refractivity contribution in [2.75, 3.05) is 153 Å². The Kier molecular flexibility index (Phi) is 65.6. The Labute approximate surface area is 522 Å². The van der Waals surface area contributed by atoms with E-state index in [2.05, 4.69) is 37.2 Å². The molecule has 87 heavy (non-hydrogen) atoms. The number of nitrogens with zero attached hydrogens (tertiary/aromatic N) is 6. The van der Waals surface area contributed by atoms with E-state index >= 15 is 0 Å². The van der Waals surface area contributed by atoms with E-state index in [9.17, 15) is 52.7 Å². The third-order valence-corrected chi connectivity index (χ3v) is 12.0. The summed E-state index contributed by atoms with van der Waals surface area (Å²) in [4.78, 5) is 123. The molecular weight excluding hydrogens is 1120 g/mol. The van der Waals surface area contributed by atoms with Crippen molar-refractivity contribution in [1.82, 2.24) is 66.3 Å². The monoisotopic (exact) mass is 1240 g/mol. The molecule has 0 saturated carbocycles. The smallest absolute Gasteiger partial charge is 0.250 e. The first-order chi connectivity index (χ1) is 41.8. The van der Waals surface area contributed by atoms with Crippen LogP contribution in [0.4, 0.5) is 0 Å². The zero-order valence-corrected chi connectivity index (χ0v) is 56.5. The van der Waals surface area contributed by atoms with Crippen molar-refractivity contribution >= 4 is 59.1 Å². The number of carbonyl (C=O) groups excluding carboxylic acids is 10. The highest BCUT2D eigenvalue weighted by Crippen LogP contribution is 2.07. The maximum absolute atomic E-state index is 10.7. The number of likely N-dealkylation sites (N-methyl/N-ethyl adjacent to an activating group) is 2. The van der Waals surface area contributed by atoms with Gasteiger partial charge < -0.3 is 75.8 Å². The molecule has 1 aromatic rings. The summed E-state index contributed by atoms with van der Waals surface area (Å²) in [5.41, 5.74) is 0.0347. The molecule has 10 saturated heterocycles. The van der Waals surface area contributed by atoms with Gasteiger partial charge in [0.1, 0.15) is 13.2 Å². The largest absolute Gasteiger partial charge is 0.370 e. The lowest BCUT2D eigenvalue weighted by Crippen LogP contribution is -2.45. The van der Waals surface area contributed by atoms with Crippen LogP contribution in [0.25, 0.3) is 0 Å². The number of nitrogens with one attached hydrogen (secondary N) is 7. The molecule has 0 unspecified atom stereocenters. The average molecular weight is 1240 g/mol. The quantitative estimate of drug-likeness (QED) is 0.183. The number of carbonyl (C=O) groups is 10. The number of rotatable bonds is 0. The molecule has 26 heteroatoms. The third kappa shape index (κ3) is 54.6. The van der Waals surface area contributed by atoms with Crippen LogP contribution >= 0.6 is 0 Å². The molecule has 0 spiro atoms. The predicted octanol–water partition coefficient (Wildman–Crippen LogP) is 2.28. The minimum Gasteiger partial charge on any atom is -0.370 e. The summed E-state index contributed by atoms with van der Waals surface area (Å²) in [7, 11) is 10.8. The molecule has 0 radical (unpaired) electrons. The normalized spacial score (nSPS) is 18.1. The minimum absolute atomic E-state index is 0.00810. The first-order valence-corrected chi connectivity index (χ1v) is 31.5. The lowest BCUT2D eigenvalue weighted by Gasteiger charge is -2.24. The maximum Gasteiger partial charge on any atom is 0.250 e. The zero-order chi connectivity index (χ0) is 67.2. The highest BCUT2D eigenvalue weighted by Gasteiger charge is 2.18. The zero-order valence-electron chi connectivity index (χ0n) is 56.5. The van der Waals surface area contributed by atoms with Crippen LogP contribution in [-0.4, -0.2) is 241 Å². The second kappa shape index (κ2) is 64.0. The molecule has 1 aromatic heterocycles. The topological polar surface area (TPSA) is 312 Å². The van der Waals surface area contributed by atoms with Crippen LogP contribution in [-0.2, 0) is 64.5 Å². The first-order valence-electron chi connectivity index (χ1n) is 31.5. The van der Waals surface area contributed by atoms with Gasteiger partial charge >= 0.3 is 0 Å². The Hall–Kier alpha value is -6.51. The molecule has 11 heterocycles. The molecule has 506 valence electrons. The van der Waals surface area contributed by atoms with Crippen LogP contribution in [0, 0.1) is 0 Å². The number of aryl methyl sites for hydroxylation is 1. The Morgan fingerprint density at radius 1 is 0.333 bits per heavy atom. The number of hydrogen-bond acceptors (Lipinski definition) is 15. The fourth-order valence-corrected chi connectivity index (χ4v) is 6.51. The van der Waals surface area contributed by atoms with Crippen LogP contribution in [0.15, 0.2) is 29.2 Å². The number of morpholine rings is 2. The van der Waals surface area contributed by atoms with Gasteiger partial charge in [0, 0.05) is 172 Å². The molecule has 10 amide bonds. The summed E-state index contributed by atoms with van der Waals surface area (Å²) in [6.07, 6.45) is 12.8. The summed E-state index contributed by atoms with van der Waals surface area (Å²) in [5, 5.41) is 19.2. The van der Waals surface area contributed by atoms with Gasteiger partial charge in [-0.15, -0.1) is 0 Å². The van der Waals surface area contributed by atoms with Crippen LogP contribution in [0.3, 0.4) is 0 Å². The van der Waals surface area contributed by atoms with Crippen LogP contribution in [0.2, 0.25) is 0 Å². The molecule has 0 atom stereocenters. The number of ether oxygens (including phenoxy) is 2. The van der Waals surface area contributed by atoms with E-state index in [1.54, 1.807) is 50.9 Å². The van der Waals surface area contributed by atoms with Gasteiger partial charge in [-0.1, -0.05) is 75.3 Å². The molecule has 11 rings (SSSR count). The van der Waals surface area contributed by atoms with Gasteiger partial charge in [0.25, 0.3) is 0 Å². The summed E-state index contributed by atoms with van der Waals surface area (Å²) < 4.78 is 11.2. The van der Waals surface area contributed by atoms with Gasteiger partial charge in [-0.3, -0.25) is 52.7 Å². The van der Waals surface area contributed by atoms with Crippen molar-refractivity contribution in [2.24, 2.45) is 7.05 Å². The van der Waals surface area contributed by atoms with E-state index in [1.165, 1.54) is 17.1 Å². The summed E-state index contributed by atoms with van der Waals surface area (Å²) in [5.74, 6) is 1.84. The standard InChI is InChI=1S/C6H11NO.C6H7NO.C5H10N2O.C5H9NO2.2C5H9NO.C4H8N2O.C4H7NO2.2C4H7NO.C3H5NO.5C2H6/c2*1-7-5-3-2-4-6(7)8;1-7-3-2-6-4-5(7)8;1-6-2-3-8-4-5(6)7;1-6-4-2-3-5(6)7;7-5-3-1-2-4-6-5;7-4-3-5-1-2-6-4;6-4-3-7-2-1-5-4;1-5-3-2-4(5)6;6-4-2-1-3-5-4;5-3-1-2-4-3;5*1-2/h2-5H2,1H3;2-5H,1H3;6H,2-4H2,1H3;2-4H2,1H3;2-4H2,1H3;1-4H2,(H,6,7);5H,1-3H2,(H,6,7);1-3H2,(H,5,6);2-3H2,1H3;1-3H2,(H,5,6);1-2H2,(H,4,5);5*1-2H3. The van der Waals surface area contributed by atoms with E-state index < -0.39 is 0 Å². The minimum atomic E-state index is -0.00810. The van der Waals surface area contributed by atoms with Crippen LogP contribution < -0.4 is 42.8 Å². The fourth-order valence-electron chi connectivity index (χ4n) is 6.51. The number of likely N-dealkylation sites (tertiary alicyclic amines) is 3. The van der Waals surface area contributed by atoms with Gasteiger partial charge in [0.15, 0.2) is 0 Å². The second-order valence-electron chi connectivity index (χ2n) is 18.6. The number of hydrogen-bond donors (Lipinski definition) is 7. The first kappa shape index (κ1) is 89.2. The molecular formula is C61H119N13O13. The second-order valence-corrected chi connectivity index (χ2v) is 18.6. The van der Waals surface area contributed by atoms with E-state index in [0.717, 1.165) is 143 Å². The van der Waals surface area contributed by atoms with Crippen molar-refractivity contribution in [3.05, 3.63) is 34.7 Å². The molecule has 0 aromatic carbocycles. The Balaban J connectivity index is -0.000000280. The Bertz CT molecular complexity index is 1880. The van der Waals surface area contributed by atoms with Gasteiger partial charge in [-0.2, -0.15) is 0 Å². The number of piperazine rings is 2. The van der Waals surface area contributed by atoms with E-state index in [0.29, 0.717) is 44.7 Å². The van der Waals surface area contributed by atoms with E-state index in [-0.39, 0.29) is 66.0 Å². The number of β-lactam (4-membered cyclic amide) rings is 2. The highest BCUT2D eigenvalue weighted by molar-refractivity contribution is 5.82. The van der Waals surface area contributed by atoms with Gasteiger partial charge in [0.2, 0.25) is 64.6 Å². The van der Waals surface area contributed by atoms with Crippen molar-refractivity contribution < 1.29 is 57.4 Å². The number of aromatic nitrogens is 1. The average Bonchev–Trinajstić information content (AvgIpc) is 4.21. The lowest BCUT2D eigenvalue weighted by molar-refractivity contribution is -0.141. The number of piperidine rings is 2.